The van der Waals surface area contributed by atoms with Gasteiger partial charge in [-0.1, -0.05) is 23.2 Å². The van der Waals surface area contributed by atoms with E-state index in [0.29, 0.717) is 6.92 Å². The molecule has 0 bridgehead atoms. The van der Waals surface area contributed by atoms with Crippen LogP contribution >= 0.6 is 23.2 Å². The number of aromatic amines is 1. The molecule has 1 unspecified atom stereocenters. The van der Waals surface area contributed by atoms with E-state index in [2.05, 4.69) is 15.0 Å². The van der Waals surface area contributed by atoms with Crippen LogP contribution < -0.4 is 5.32 Å². The summed E-state index contributed by atoms with van der Waals surface area (Å²) in [5.74, 6) is -0.380. The van der Waals surface area contributed by atoms with E-state index in [4.69, 9.17) is 23.2 Å². The number of carbonyl (C=O) groups excluding carboxylic acids is 1. The van der Waals surface area contributed by atoms with E-state index in [9.17, 15) is 23.1 Å². The maximum atomic E-state index is 13.3. The van der Waals surface area contributed by atoms with Crippen LogP contribution in [0.2, 0.25) is 10.0 Å². The van der Waals surface area contributed by atoms with Crippen molar-refractivity contribution >= 4 is 46.0 Å². The van der Waals surface area contributed by atoms with Crippen LogP contribution in [0.15, 0.2) is 12.1 Å². The largest absolute Gasteiger partial charge is 0.450 e. The number of benzene rings is 1. The Kier molecular flexibility index (Phi) is 4.94. The van der Waals surface area contributed by atoms with Crippen molar-refractivity contribution in [2.24, 2.45) is 0 Å². The fraction of sp³-hybridized carbons (Fsp3) is 0.357. The quantitative estimate of drug-likeness (QED) is 0.710. The molecule has 1 aromatic carbocycles. The number of carbonyl (C=O) groups is 1. The van der Waals surface area contributed by atoms with Crippen LogP contribution in [-0.4, -0.2) is 29.0 Å². The maximum absolute atomic E-state index is 13.3. The smallest absolute Gasteiger partial charge is 0.421 e. The first-order valence-corrected chi connectivity index (χ1v) is 7.48. The molecule has 0 saturated carbocycles. The van der Waals surface area contributed by atoms with Crippen LogP contribution in [0.4, 0.5) is 23.8 Å². The summed E-state index contributed by atoms with van der Waals surface area (Å²) < 4.78 is 44.6. The van der Waals surface area contributed by atoms with Gasteiger partial charge in [-0.3, -0.25) is 5.32 Å². The average Bonchev–Trinajstić information content (AvgIpc) is 2.75. The van der Waals surface area contributed by atoms with Gasteiger partial charge in [0.15, 0.2) is 5.60 Å². The van der Waals surface area contributed by atoms with Crippen LogP contribution in [0, 0.1) is 0 Å². The second kappa shape index (κ2) is 6.34. The number of fused-ring (bicyclic) bond motifs is 1. The van der Waals surface area contributed by atoms with Crippen molar-refractivity contribution in [1.82, 2.24) is 4.98 Å². The minimum absolute atomic E-state index is 0.0175. The monoisotopic (exact) mass is 384 g/mol. The zero-order valence-electron chi connectivity index (χ0n) is 12.5. The van der Waals surface area contributed by atoms with Crippen LogP contribution in [0.3, 0.4) is 0 Å². The molecule has 0 aliphatic carbocycles. The van der Waals surface area contributed by atoms with E-state index >= 15 is 0 Å². The van der Waals surface area contributed by atoms with E-state index in [1.807, 2.05) is 0 Å². The van der Waals surface area contributed by atoms with E-state index in [1.54, 1.807) is 0 Å². The molecular formula is C14H13Cl2F3N2O3. The number of rotatable bonds is 3. The highest BCUT2D eigenvalue weighted by molar-refractivity contribution is 6.39. The van der Waals surface area contributed by atoms with Gasteiger partial charge in [0.05, 0.1) is 17.1 Å². The third-order valence-corrected chi connectivity index (χ3v) is 3.87. The minimum atomic E-state index is -5.02. The standard InChI is InChI=1S/C14H13Cl2F3N2O3/c1-3-24-12(22)21-11-10(13(2,23)14(17,18)19)9-7(16)4-6(15)5-8(9)20-11/h4-5,20,23H,3H2,1-2H3,(H,21,22). The number of hydrogen-bond acceptors (Lipinski definition) is 3. The molecule has 1 amide bonds. The van der Waals surface area contributed by atoms with Gasteiger partial charge in [0.2, 0.25) is 0 Å². The van der Waals surface area contributed by atoms with Gasteiger partial charge in [0.1, 0.15) is 5.82 Å². The van der Waals surface area contributed by atoms with Crippen LogP contribution in [0.5, 0.6) is 0 Å². The Hall–Kier alpha value is -1.64. The number of ether oxygens (including phenoxy) is 1. The Morgan fingerprint density at radius 2 is 2.00 bits per heavy atom. The van der Waals surface area contributed by atoms with Crippen molar-refractivity contribution < 1.29 is 27.8 Å². The third kappa shape index (κ3) is 3.26. The second-order valence-corrected chi connectivity index (χ2v) is 5.94. The molecule has 0 spiro atoms. The molecule has 2 rings (SSSR count). The van der Waals surface area contributed by atoms with Gasteiger partial charge in [-0.2, -0.15) is 13.2 Å². The second-order valence-electron chi connectivity index (χ2n) is 5.10. The van der Waals surface area contributed by atoms with Gasteiger partial charge >= 0.3 is 12.3 Å². The number of aromatic nitrogens is 1. The van der Waals surface area contributed by atoms with E-state index in [0.717, 1.165) is 0 Å². The van der Waals surface area contributed by atoms with Gasteiger partial charge in [-0.15, -0.1) is 0 Å². The average molecular weight is 385 g/mol. The summed E-state index contributed by atoms with van der Waals surface area (Å²) in [6.07, 6.45) is -6.00. The zero-order chi connectivity index (χ0) is 18.3. The molecule has 5 nitrogen and oxygen atoms in total. The van der Waals surface area contributed by atoms with Crippen molar-refractivity contribution in [3.05, 3.63) is 27.7 Å². The number of alkyl halides is 3. The summed E-state index contributed by atoms with van der Waals surface area (Å²) >= 11 is 11.9. The lowest BCUT2D eigenvalue weighted by molar-refractivity contribution is -0.258. The topological polar surface area (TPSA) is 74.3 Å². The van der Waals surface area contributed by atoms with Gasteiger partial charge < -0.3 is 14.8 Å². The Morgan fingerprint density at radius 3 is 2.54 bits per heavy atom. The van der Waals surface area contributed by atoms with Gasteiger partial charge in [0.25, 0.3) is 0 Å². The van der Waals surface area contributed by atoms with Gasteiger partial charge in [0, 0.05) is 16.0 Å². The Labute approximate surface area is 144 Å². The number of halogens is 5. The lowest BCUT2D eigenvalue weighted by Crippen LogP contribution is -2.39. The maximum Gasteiger partial charge on any atom is 0.421 e. The molecule has 0 aliphatic rings. The number of nitrogens with one attached hydrogen (secondary N) is 2. The summed E-state index contributed by atoms with van der Waals surface area (Å²) in [6, 6.07) is 2.57. The zero-order valence-corrected chi connectivity index (χ0v) is 14.0. The number of amides is 1. The van der Waals surface area contributed by atoms with Crippen molar-refractivity contribution in [2.75, 3.05) is 11.9 Å². The molecule has 132 valence electrons. The first-order valence-electron chi connectivity index (χ1n) is 6.73. The van der Waals surface area contributed by atoms with Crippen LogP contribution in [0.1, 0.15) is 19.4 Å². The molecule has 0 radical (unpaired) electrons. The summed E-state index contributed by atoms with van der Waals surface area (Å²) in [7, 11) is 0. The Bertz CT molecular complexity index is 788. The Balaban J connectivity index is 2.75. The van der Waals surface area contributed by atoms with E-state index in [-0.39, 0.29) is 33.4 Å². The molecular weight excluding hydrogens is 372 g/mol. The predicted molar refractivity (Wildman–Crippen MR) is 84.6 cm³/mol. The van der Waals surface area contributed by atoms with Crippen molar-refractivity contribution in [2.45, 2.75) is 25.6 Å². The highest BCUT2D eigenvalue weighted by Crippen LogP contribution is 2.47. The third-order valence-electron chi connectivity index (χ3n) is 3.36. The number of hydrogen-bond donors (Lipinski definition) is 3. The SMILES string of the molecule is CCOC(=O)Nc1[nH]c2cc(Cl)cc(Cl)c2c1C(C)(O)C(F)(F)F. The molecule has 0 fully saturated rings. The lowest BCUT2D eigenvalue weighted by atomic mass is 9.93. The van der Waals surface area contributed by atoms with Crippen molar-refractivity contribution in [1.29, 1.82) is 0 Å². The van der Waals surface area contributed by atoms with E-state index in [1.165, 1.54) is 19.1 Å². The van der Waals surface area contributed by atoms with Crippen molar-refractivity contribution in [3.63, 3.8) is 0 Å². The fourth-order valence-electron chi connectivity index (χ4n) is 2.24. The van der Waals surface area contributed by atoms with Crippen LogP contribution in [-0.2, 0) is 10.3 Å². The molecule has 2 aromatic rings. The van der Waals surface area contributed by atoms with Gasteiger partial charge in [-0.25, -0.2) is 4.79 Å². The molecule has 3 N–H and O–H groups in total. The predicted octanol–water partition coefficient (Wildman–Crippen LogP) is 4.81. The summed E-state index contributed by atoms with van der Waals surface area (Å²) in [5, 5.41) is 12.2. The highest BCUT2D eigenvalue weighted by atomic mass is 35.5. The molecule has 0 saturated heterocycles. The highest BCUT2D eigenvalue weighted by Gasteiger charge is 2.54. The summed E-state index contributed by atoms with van der Waals surface area (Å²) in [6.45, 7) is 2.12. The number of anilines is 1. The minimum Gasteiger partial charge on any atom is -0.450 e. The molecule has 1 heterocycles. The summed E-state index contributed by atoms with van der Waals surface area (Å²) in [4.78, 5) is 14.2. The molecule has 0 aliphatic heterocycles. The number of H-pyrrole nitrogens is 1. The molecule has 1 atom stereocenters. The molecule has 1 aromatic heterocycles. The summed E-state index contributed by atoms with van der Waals surface area (Å²) in [5.41, 5.74) is -3.78. The van der Waals surface area contributed by atoms with E-state index < -0.39 is 23.4 Å². The molecule has 10 heteroatoms. The first-order chi connectivity index (χ1) is 11.0. The number of aliphatic hydroxyl groups is 1. The molecule has 24 heavy (non-hydrogen) atoms. The van der Waals surface area contributed by atoms with Crippen molar-refractivity contribution in [3.8, 4) is 0 Å². The Morgan fingerprint density at radius 1 is 1.38 bits per heavy atom. The normalized spacial score (nSPS) is 14.5. The fourth-order valence-corrected chi connectivity index (χ4v) is 2.83. The van der Waals surface area contributed by atoms with Crippen LogP contribution in [0.25, 0.3) is 10.9 Å². The lowest BCUT2D eigenvalue weighted by Gasteiger charge is -2.27. The van der Waals surface area contributed by atoms with Gasteiger partial charge in [-0.05, 0) is 26.0 Å². The first kappa shape index (κ1) is 18.7.